The topological polar surface area (TPSA) is 46.2 Å². The van der Waals surface area contributed by atoms with Crippen LogP contribution in [0.1, 0.15) is 46.0 Å². The second-order valence-electron chi connectivity index (χ2n) is 4.55. The number of nitrogens with one attached hydrogen (secondary N) is 1. The van der Waals surface area contributed by atoms with E-state index in [2.05, 4.69) is 11.6 Å². The van der Waals surface area contributed by atoms with Crippen molar-refractivity contribution < 1.29 is 8.42 Å². The van der Waals surface area contributed by atoms with E-state index in [9.17, 15) is 8.42 Å². The molecular weight excluding hydrogens is 210 g/mol. The Balaban J connectivity index is 2.25. The molecule has 90 valence electrons. The first-order valence-electron chi connectivity index (χ1n) is 6.04. The van der Waals surface area contributed by atoms with Crippen LogP contribution < -0.4 is 4.72 Å². The molecule has 1 aliphatic rings. The Kier molecular flexibility index (Phi) is 5.06. The van der Waals surface area contributed by atoms with Crippen LogP contribution in [0.25, 0.3) is 0 Å². The normalized spacial score (nSPS) is 27.9. The van der Waals surface area contributed by atoms with Gasteiger partial charge in [-0.1, -0.05) is 26.2 Å². The minimum Gasteiger partial charge on any atom is -0.215 e. The Morgan fingerprint density at radius 2 is 1.60 bits per heavy atom. The Hall–Kier alpha value is -0.0900. The van der Waals surface area contributed by atoms with Crippen molar-refractivity contribution in [2.75, 3.05) is 12.3 Å². The van der Waals surface area contributed by atoms with Crippen molar-refractivity contribution in [3.63, 3.8) is 0 Å². The van der Waals surface area contributed by atoms with Gasteiger partial charge in [-0.25, -0.2) is 13.1 Å². The predicted molar refractivity (Wildman–Crippen MR) is 63.2 cm³/mol. The number of hydrogen-bond donors (Lipinski definition) is 1. The van der Waals surface area contributed by atoms with Gasteiger partial charge in [-0.2, -0.15) is 0 Å². The molecular formula is C11H23NO2S. The molecule has 1 rings (SSSR count). The minimum atomic E-state index is -2.99. The van der Waals surface area contributed by atoms with Crippen LogP contribution in [0.2, 0.25) is 0 Å². The SMILES string of the molecule is CCC1CCC(CNS(=O)(=O)CC)CC1. The fraction of sp³-hybridized carbons (Fsp3) is 1.00. The molecule has 0 saturated heterocycles. The van der Waals surface area contributed by atoms with E-state index < -0.39 is 10.0 Å². The summed E-state index contributed by atoms with van der Waals surface area (Å²) < 4.78 is 25.2. The van der Waals surface area contributed by atoms with E-state index in [0.29, 0.717) is 12.5 Å². The van der Waals surface area contributed by atoms with Gasteiger partial charge in [-0.3, -0.25) is 0 Å². The Morgan fingerprint density at radius 3 is 2.07 bits per heavy atom. The standard InChI is InChI=1S/C11H23NO2S/c1-3-10-5-7-11(8-6-10)9-12-15(13,14)4-2/h10-12H,3-9H2,1-2H3. The van der Waals surface area contributed by atoms with Crippen LogP contribution in [-0.2, 0) is 10.0 Å². The molecule has 0 bridgehead atoms. The molecule has 0 spiro atoms. The van der Waals surface area contributed by atoms with E-state index in [1.54, 1.807) is 6.92 Å². The quantitative estimate of drug-likeness (QED) is 0.791. The number of hydrogen-bond acceptors (Lipinski definition) is 2. The summed E-state index contributed by atoms with van der Waals surface area (Å²) in [4.78, 5) is 0. The van der Waals surface area contributed by atoms with Gasteiger partial charge >= 0.3 is 0 Å². The van der Waals surface area contributed by atoms with Gasteiger partial charge in [0.05, 0.1) is 5.75 Å². The molecule has 0 aromatic rings. The van der Waals surface area contributed by atoms with Crippen LogP contribution in [0, 0.1) is 11.8 Å². The highest BCUT2D eigenvalue weighted by Gasteiger charge is 2.20. The highest BCUT2D eigenvalue weighted by atomic mass is 32.2. The van der Waals surface area contributed by atoms with Crippen LogP contribution in [0.4, 0.5) is 0 Å². The van der Waals surface area contributed by atoms with E-state index in [-0.39, 0.29) is 5.75 Å². The summed E-state index contributed by atoms with van der Waals surface area (Å²) in [5.74, 6) is 1.63. The van der Waals surface area contributed by atoms with Crippen molar-refractivity contribution in [3.05, 3.63) is 0 Å². The highest BCUT2D eigenvalue weighted by molar-refractivity contribution is 7.89. The lowest BCUT2D eigenvalue weighted by atomic mass is 9.81. The first kappa shape index (κ1) is 13.0. The van der Waals surface area contributed by atoms with Crippen molar-refractivity contribution >= 4 is 10.0 Å². The third-order valence-electron chi connectivity index (χ3n) is 3.52. The second kappa shape index (κ2) is 5.85. The number of sulfonamides is 1. The molecule has 0 aromatic carbocycles. The lowest BCUT2D eigenvalue weighted by Crippen LogP contribution is -2.32. The minimum absolute atomic E-state index is 0.192. The molecule has 0 heterocycles. The molecule has 1 aliphatic carbocycles. The lowest BCUT2D eigenvalue weighted by Gasteiger charge is -2.27. The van der Waals surface area contributed by atoms with Gasteiger partial charge in [0, 0.05) is 6.54 Å². The maximum Gasteiger partial charge on any atom is 0.211 e. The molecule has 1 N–H and O–H groups in total. The van der Waals surface area contributed by atoms with E-state index in [0.717, 1.165) is 5.92 Å². The zero-order chi connectivity index (χ0) is 11.3. The fourth-order valence-corrected chi connectivity index (χ4v) is 2.88. The molecule has 4 heteroatoms. The summed E-state index contributed by atoms with van der Waals surface area (Å²) in [5.41, 5.74) is 0. The highest BCUT2D eigenvalue weighted by Crippen LogP contribution is 2.30. The Bertz CT molecular complexity index is 266. The first-order chi connectivity index (χ1) is 7.07. The zero-order valence-electron chi connectivity index (χ0n) is 9.83. The Morgan fingerprint density at radius 1 is 1.07 bits per heavy atom. The van der Waals surface area contributed by atoms with Gasteiger partial charge in [0.15, 0.2) is 0 Å². The molecule has 0 atom stereocenters. The average Bonchev–Trinajstić information content (AvgIpc) is 2.27. The van der Waals surface area contributed by atoms with Crippen molar-refractivity contribution in [2.45, 2.75) is 46.0 Å². The third kappa shape index (κ3) is 4.51. The van der Waals surface area contributed by atoms with Gasteiger partial charge in [-0.15, -0.1) is 0 Å². The van der Waals surface area contributed by atoms with Crippen molar-refractivity contribution in [3.8, 4) is 0 Å². The summed E-state index contributed by atoms with van der Waals surface area (Å²) in [7, 11) is -2.99. The van der Waals surface area contributed by atoms with E-state index in [1.165, 1.54) is 32.1 Å². The molecule has 15 heavy (non-hydrogen) atoms. The molecule has 0 aliphatic heterocycles. The summed E-state index contributed by atoms with van der Waals surface area (Å²) in [6.45, 7) is 4.56. The number of rotatable bonds is 5. The fourth-order valence-electron chi connectivity index (χ4n) is 2.19. The zero-order valence-corrected chi connectivity index (χ0v) is 10.6. The third-order valence-corrected chi connectivity index (χ3v) is 4.88. The first-order valence-corrected chi connectivity index (χ1v) is 7.70. The van der Waals surface area contributed by atoms with E-state index >= 15 is 0 Å². The van der Waals surface area contributed by atoms with Crippen LogP contribution in [0.15, 0.2) is 0 Å². The summed E-state index contributed by atoms with van der Waals surface area (Å²) in [5, 5.41) is 0. The Labute approximate surface area is 93.7 Å². The van der Waals surface area contributed by atoms with Crippen LogP contribution >= 0.6 is 0 Å². The monoisotopic (exact) mass is 233 g/mol. The summed E-state index contributed by atoms with van der Waals surface area (Å²) in [6, 6.07) is 0. The van der Waals surface area contributed by atoms with E-state index in [1.807, 2.05) is 0 Å². The maximum atomic E-state index is 11.3. The molecule has 1 fully saturated rings. The van der Waals surface area contributed by atoms with Crippen molar-refractivity contribution in [2.24, 2.45) is 11.8 Å². The molecule has 0 radical (unpaired) electrons. The van der Waals surface area contributed by atoms with Crippen LogP contribution in [0.3, 0.4) is 0 Å². The molecule has 1 saturated carbocycles. The maximum absolute atomic E-state index is 11.3. The summed E-state index contributed by atoms with van der Waals surface area (Å²) >= 11 is 0. The molecule has 0 amide bonds. The average molecular weight is 233 g/mol. The summed E-state index contributed by atoms with van der Waals surface area (Å²) in [6.07, 6.45) is 6.19. The second-order valence-corrected chi connectivity index (χ2v) is 6.64. The van der Waals surface area contributed by atoms with Crippen LogP contribution in [0.5, 0.6) is 0 Å². The van der Waals surface area contributed by atoms with Gasteiger partial charge < -0.3 is 0 Å². The molecule has 0 unspecified atom stereocenters. The molecule has 3 nitrogen and oxygen atoms in total. The van der Waals surface area contributed by atoms with Gasteiger partial charge in [0.2, 0.25) is 10.0 Å². The van der Waals surface area contributed by atoms with Gasteiger partial charge in [0.1, 0.15) is 0 Å². The van der Waals surface area contributed by atoms with Crippen molar-refractivity contribution in [1.29, 1.82) is 0 Å². The lowest BCUT2D eigenvalue weighted by molar-refractivity contribution is 0.270. The van der Waals surface area contributed by atoms with Crippen LogP contribution in [-0.4, -0.2) is 20.7 Å². The smallest absolute Gasteiger partial charge is 0.211 e. The largest absolute Gasteiger partial charge is 0.215 e. The molecule has 0 aromatic heterocycles. The van der Waals surface area contributed by atoms with Gasteiger partial charge in [-0.05, 0) is 31.6 Å². The van der Waals surface area contributed by atoms with Crippen molar-refractivity contribution in [1.82, 2.24) is 4.72 Å². The predicted octanol–water partition coefficient (Wildman–Crippen LogP) is 2.14. The van der Waals surface area contributed by atoms with E-state index in [4.69, 9.17) is 0 Å². The van der Waals surface area contributed by atoms with Gasteiger partial charge in [0.25, 0.3) is 0 Å².